The molecule has 2 heterocycles. The fourth-order valence-electron chi connectivity index (χ4n) is 4.31. The predicted molar refractivity (Wildman–Crippen MR) is 119 cm³/mol. The zero-order valence-corrected chi connectivity index (χ0v) is 18.0. The first-order valence-corrected chi connectivity index (χ1v) is 10.7. The van der Waals surface area contributed by atoms with Crippen molar-refractivity contribution in [1.29, 1.82) is 0 Å². The summed E-state index contributed by atoms with van der Waals surface area (Å²) in [7, 11) is 4.31. The average molecular weight is 413 g/mol. The predicted octanol–water partition coefficient (Wildman–Crippen LogP) is 3.05. The van der Waals surface area contributed by atoms with E-state index in [9.17, 15) is 4.79 Å². The lowest BCUT2D eigenvalue weighted by molar-refractivity contribution is 0.0886. The number of rotatable bonds is 5. The third-order valence-electron chi connectivity index (χ3n) is 6.14. The van der Waals surface area contributed by atoms with Crippen LogP contribution in [-0.2, 0) is 6.42 Å². The van der Waals surface area contributed by atoms with Gasteiger partial charge in [-0.15, -0.1) is 0 Å². The smallest absolute Gasteiger partial charge is 0.251 e. The third kappa shape index (κ3) is 4.58. The molecule has 2 aromatic carbocycles. The van der Waals surface area contributed by atoms with Crippen LogP contribution in [0.3, 0.4) is 0 Å². The molecule has 0 saturated carbocycles. The SMILES string of the molecule is CN1CCN(C(CNC(=O)c2cccc(Cl)c2)c2ccc3c(c2)CCN3C)CC1. The number of hydrogen-bond donors (Lipinski definition) is 1. The molecule has 0 bridgehead atoms. The molecule has 4 rings (SSSR count). The van der Waals surface area contributed by atoms with Gasteiger partial charge in [-0.05, 0) is 48.9 Å². The molecule has 154 valence electrons. The Bertz CT molecular complexity index is 879. The van der Waals surface area contributed by atoms with Crippen LogP contribution in [0, 0.1) is 0 Å². The molecule has 2 aliphatic rings. The van der Waals surface area contributed by atoms with E-state index in [4.69, 9.17) is 11.6 Å². The van der Waals surface area contributed by atoms with E-state index < -0.39 is 0 Å². The molecule has 5 nitrogen and oxygen atoms in total. The molecule has 1 unspecified atom stereocenters. The number of carbonyl (C=O) groups excluding carboxylic acids is 1. The highest BCUT2D eigenvalue weighted by molar-refractivity contribution is 6.30. The number of likely N-dealkylation sites (N-methyl/N-ethyl adjacent to an activating group) is 2. The van der Waals surface area contributed by atoms with Gasteiger partial charge >= 0.3 is 0 Å². The Balaban J connectivity index is 1.53. The molecule has 1 saturated heterocycles. The molecule has 1 fully saturated rings. The number of amides is 1. The fraction of sp³-hybridized carbons (Fsp3) is 0.435. The summed E-state index contributed by atoms with van der Waals surface area (Å²) < 4.78 is 0. The van der Waals surface area contributed by atoms with E-state index in [0.29, 0.717) is 17.1 Å². The van der Waals surface area contributed by atoms with Gasteiger partial charge in [-0.2, -0.15) is 0 Å². The monoisotopic (exact) mass is 412 g/mol. The van der Waals surface area contributed by atoms with Crippen LogP contribution in [0.5, 0.6) is 0 Å². The molecule has 1 atom stereocenters. The summed E-state index contributed by atoms with van der Waals surface area (Å²) in [5, 5.41) is 3.73. The minimum Gasteiger partial charge on any atom is -0.374 e. The van der Waals surface area contributed by atoms with Crippen LogP contribution in [0.1, 0.15) is 27.5 Å². The maximum atomic E-state index is 12.7. The van der Waals surface area contributed by atoms with Crippen molar-refractivity contribution in [1.82, 2.24) is 15.1 Å². The van der Waals surface area contributed by atoms with Gasteiger partial charge in [-0.3, -0.25) is 9.69 Å². The van der Waals surface area contributed by atoms with E-state index in [2.05, 4.69) is 52.3 Å². The number of carbonyl (C=O) groups is 1. The number of piperazine rings is 1. The summed E-state index contributed by atoms with van der Waals surface area (Å²) in [4.78, 5) is 19.9. The van der Waals surface area contributed by atoms with Crippen LogP contribution >= 0.6 is 11.6 Å². The normalized spacial score (nSPS) is 18.5. The topological polar surface area (TPSA) is 38.8 Å². The number of nitrogens with one attached hydrogen (secondary N) is 1. The summed E-state index contributed by atoms with van der Waals surface area (Å²) >= 11 is 6.05. The standard InChI is InChI=1S/C23H29ClN4O/c1-26-10-12-28(13-11-26)22(16-25-23(29)19-4-3-5-20(24)15-19)17-6-7-21-18(14-17)8-9-27(21)2/h3-7,14-15,22H,8-13,16H2,1-2H3,(H,25,29). The molecule has 2 aromatic rings. The summed E-state index contributed by atoms with van der Waals surface area (Å²) in [5.74, 6) is -0.0764. The van der Waals surface area contributed by atoms with Gasteiger partial charge < -0.3 is 15.1 Å². The first-order chi connectivity index (χ1) is 14.0. The Labute approximate surface area is 178 Å². The van der Waals surface area contributed by atoms with Gasteiger partial charge in [0.1, 0.15) is 0 Å². The highest BCUT2D eigenvalue weighted by Gasteiger charge is 2.26. The molecular weight excluding hydrogens is 384 g/mol. The Hall–Kier alpha value is -2.08. The van der Waals surface area contributed by atoms with Crippen LogP contribution in [0.2, 0.25) is 5.02 Å². The largest absolute Gasteiger partial charge is 0.374 e. The first kappa shape index (κ1) is 20.2. The molecule has 0 aromatic heterocycles. The van der Waals surface area contributed by atoms with Gasteiger partial charge in [0.25, 0.3) is 5.91 Å². The van der Waals surface area contributed by atoms with Gasteiger partial charge in [0, 0.05) is 62.6 Å². The van der Waals surface area contributed by atoms with Gasteiger partial charge in [0.2, 0.25) is 0 Å². The Morgan fingerprint density at radius 1 is 1.07 bits per heavy atom. The summed E-state index contributed by atoms with van der Waals surface area (Å²) in [6.45, 7) is 5.77. The highest BCUT2D eigenvalue weighted by Crippen LogP contribution is 2.31. The minimum atomic E-state index is -0.0764. The molecule has 2 aliphatic heterocycles. The lowest BCUT2D eigenvalue weighted by Crippen LogP contribution is -2.48. The van der Waals surface area contributed by atoms with Crippen molar-refractivity contribution in [3.63, 3.8) is 0 Å². The van der Waals surface area contributed by atoms with Crippen LogP contribution in [0.4, 0.5) is 5.69 Å². The van der Waals surface area contributed by atoms with Gasteiger partial charge in [-0.25, -0.2) is 0 Å². The Kier molecular flexibility index (Phi) is 6.09. The molecule has 6 heteroatoms. The number of benzene rings is 2. The number of halogens is 1. The van der Waals surface area contributed by atoms with Crippen molar-refractivity contribution in [2.75, 3.05) is 58.3 Å². The molecule has 29 heavy (non-hydrogen) atoms. The van der Waals surface area contributed by atoms with Gasteiger partial charge in [0.05, 0.1) is 6.04 Å². The van der Waals surface area contributed by atoms with Crippen molar-refractivity contribution >= 4 is 23.2 Å². The van der Waals surface area contributed by atoms with Crippen molar-refractivity contribution in [2.24, 2.45) is 0 Å². The minimum absolute atomic E-state index is 0.0764. The number of fused-ring (bicyclic) bond motifs is 1. The molecule has 1 N–H and O–H groups in total. The zero-order valence-electron chi connectivity index (χ0n) is 17.2. The molecule has 0 aliphatic carbocycles. The second kappa shape index (κ2) is 8.74. The van der Waals surface area contributed by atoms with Crippen LogP contribution in [-0.4, -0.2) is 69.1 Å². The highest BCUT2D eigenvalue weighted by atomic mass is 35.5. The van der Waals surface area contributed by atoms with Crippen molar-refractivity contribution < 1.29 is 4.79 Å². The summed E-state index contributed by atoms with van der Waals surface area (Å²) in [6.07, 6.45) is 1.09. The zero-order chi connectivity index (χ0) is 20.4. The van der Waals surface area contributed by atoms with Crippen LogP contribution in [0.25, 0.3) is 0 Å². The van der Waals surface area contributed by atoms with Crippen LogP contribution < -0.4 is 10.2 Å². The lowest BCUT2D eigenvalue weighted by atomic mass is 10.00. The maximum Gasteiger partial charge on any atom is 0.251 e. The molecule has 0 spiro atoms. The van der Waals surface area contributed by atoms with Crippen LogP contribution in [0.15, 0.2) is 42.5 Å². The Morgan fingerprint density at radius 3 is 2.62 bits per heavy atom. The first-order valence-electron chi connectivity index (χ1n) is 10.3. The van der Waals surface area contributed by atoms with Crippen molar-refractivity contribution in [3.05, 3.63) is 64.2 Å². The van der Waals surface area contributed by atoms with E-state index in [0.717, 1.165) is 39.1 Å². The quantitative estimate of drug-likeness (QED) is 0.819. The van der Waals surface area contributed by atoms with Gasteiger partial charge in [-0.1, -0.05) is 29.8 Å². The molecule has 0 radical (unpaired) electrons. The van der Waals surface area contributed by atoms with E-state index in [-0.39, 0.29) is 11.9 Å². The van der Waals surface area contributed by atoms with E-state index in [1.807, 2.05) is 6.07 Å². The van der Waals surface area contributed by atoms with E-state index in [1.165, 1.54) is 16.8 Å². The summed E-state index contributed by atoms with van der Waals surface area (Å²) in [5.41, 5.74) is 4.62. The van der Waals surface area contributed by atoms with Gasteiger partial charge in [0.15, 0.2) is 0 Å². The number of nitrogens with zero attached hydrogens (tertiary/aromatic N) is 3. The van der Waals surface area contributed by atoms with Crippen molar-refractivity contribution in [2.45, 2.75) is 12.5 Å². The van der Waals surface area contributed by atoms with E-state index in [1.54, 1.807) is 18.2 Å². The Morgan fingerprint density at radius 2 is 1.86 bits per heavy atom. The fourth-order valence-corrected chi connectivity index (χ4v) is 4.50. The number of anilines is 1. The average Bonchev–Trinajstić information content (AvgIpc) is 3.09. The lowest BCUT2D eigenvalue weighted by Gasteiger charge is -2.38. The van der Waals surface area contributed by atoms with E-state index >= 15 is 0 Å². The van der Waals surface area contributed by atoms with Crippen molar-refractivity contribution in [3.8, 4) is 0 Å². The molecular formula is C23H29ClN4O. The second-order valence-electron chi connectivity index (χ2n) is 8.14. The maximum absolute atomic E-state index is 12.7. The summed E-state index contributed by atoms with van der Waals surface area (Å²) in [6, 6.07) is 14.1. The second-order valence-corrected chi connectivity index (χ2v) is 8.57. The molecule has 1 amide bonds. The third-order valence-corrected chi connectivity index (χ3v) is 6.37. The number of hydrogen-bond acceptors (Lipinski definition) is 4.